The summed E-state index contributed by atoms with van der Waals surface area (Å²) in [6.45, 7) is 2.00. The van der Waals surface area contributed by atoms with Crippen LogP contribution in [0.1, 0.15) is 29.3 Å². The maximum absolute atomic E-state index is 10.5. The molecule has 0 bridgehead atoms. The number of rotatable bonds is 3. The van der Waals surface area contributed by atoms with E-state index in [1.165, 1.54) is 12.1 Å². The van der Waals surface area contributed by atoms with Gasteiger partial charge in [0.05, 0.1) is 5.56 Å². The van der Waals surface area contributed by atoms with Crippen LogP contribution in [-0.2, 0) is 6.42 Å². The van der Waals surface area contributed by atoms with Crippen LogP contribution < -0.4 is 0 Å². The van der Waals surface area contributed by atoms with Gasteiger partial charge >= 0.3 is 5.97 Å². The van der Waals surface area contributed by atoms with E-state index in [1.807, 2.05) is 6.92 Å². The predicted octanol–water partition coefficient (Wildman–Crippen LogP) is 2.04. The number of phenolic OH excluding ortho intramolecular Hbond substituents is 1. The number of phenols is 1. The largest absolute Gasteiger partial charge is 0.508 e. The molecule has 70 valence electrons. The molecule has 0 heterocycles. The highest BCUT2D eigenvalue weighted by Crippen LogP contribution is 2.20. The molecule has 0 aliphatic heterocycles. The minimum atomic E-state index is -1.02. The lowest BCUT2D eigenvalue weighted by atomic mass is 10.1. The van der Waals surface area contributed by atoms with Crippen molar-refractivity contribution >= 4 is 5.97 Å². The summed E-state index contributed by atoms with van der Waals surface area (Å²) in [5.41, 5.74) is 0.921. The highest BCUT2D eigenvalue weighted by atomic mass is 16.4. The van der Waals surface area contributed by atoms with Crippen LogP contribution in [0.4, 0.5) is 0 Å². The van der Waals surface area contributed by atoms with Crippen molar-refractivity contribution in [3.63, 3.8) is 0 Å². The van der Waals surface area contributed by atoms with Crippen LogP contribution in [0.25, 0.3) is 0 Å². The third kappa shape index (κ3) is 2.21. The summed E-state index contributed by atoms with van der Waals surface area (Å²) in [4.78, 5) is 10.5. The van der Waals surface area contributed by atoms with Crippen LogP contribution in [0, 0.1) is 0 Å². The zero-order valence-corrected chi connectivity index (χ0v) is 7.45. The molecular formula is C10H12O3. The van der Waals surface area contributed by atoms with E-state index in [0.717, 1.165) is 18.4 Å². The van der Waals surface area contributed by atoms with E-state index in [1.54, 1.807) is 6.07 Å². The molecule has 3 heteroatoms. The van der Waals surface area contributed by atoms with Crippen molar-refractivity contribution in [3.8, 4) is 5.75 Å². The summed E-state index contributed by atoms with van der Waals surface area (Å²) < 4.78 is 0. The van der Waals surface area contributed by atoms with Crippen LogP contribution >= 0.6 is 0 Å². The first-order valence-corrected chi connectivity index (χ1v) is 4.20. The smallest absolute Gasteiger partial charge is 0.335 e. The monoisotopic (exact) mass is 180 g/mol. The van der Waals surface area contributed by atoms with E-state index >= 15 is 0 Å². The Kier molecular flexibility index (Phi) is 2.90. The molecule has 0 radical (unpaired) electrons. The molecule has 13 heavy (non-hydrogen) atoms. The van der Waals surface area contributed by atoms with Gasteiger partial charge in [-0.15, -0.1) is 0 Å². The molecule has 1 aromatic carbocycles. The van der Waals surface area contributed by atoms with Crippen molar-refractivity contribution in [2.75, 3.05) is 0 Å². The first kappa shape index (κ1) is 9.58. The van der Waals surface area contributed by atoms with Gasteiger partial charge in [-0.25, -0.2) is 4.79 Å². The van der Waals surface area contributed by atoms with Gasteiger partial charge in [-0.2, -0.15) is 0 Å². The van der Waals surface area contributed by atoms with E-state index < -0.39 is 5.97 Å². The summed E-state index contributed by atoms with van der Waals surface area (Å²) in [5, 5.41) is 18.0. The number of aromatic hydroxyl groups is 1. The Hall–Kier alpha value is -1.51. The molecule has 0 aliphatic carbocycles. The predicted molar refractivity (Wildman–Crippen MR) is 49.1 cm³/mol. The van der Waals surface area contributed by atoms with E-state index in [-0.39, 0.29) is 11.3 Å². The van der Waals surface area contributed by atoms with Crippen molar-refractivity contribution in [1.82, 2.24) is 0 Å². The van der Waals surface area contributed by atoms with Crippen molar-refractivity contribution < 1.29 is 15.0 Å². The third-order valence-corrected chi connectivity index (χ3v) is 1.85. The molecular weight excluding hydrogens is 168 g/mol. The number of carboxylic acid groups (broad SMARTS) is 1. The summed E-state index contributed by atoms with van der Waals surface area (Å²) in [6.07, 6.45) is 1.70. The van der Waals surface area contributed by atoms with Crippen LogP contribution in [-0.4, -0.2) is 16.2 Å². The zero-order valence-electron chi connectivity index (χ0n) is 7.45. The molecule has 1 rings (SSSR count). The lowest BCUT2D eigenvalue weighted by Gasteiger charge is -2.03. The van der Waals surface area contributed by atoms with Gasteiger partial charge in [0.15, 0.2) is 0 Å². The second kappa shape index (κ2) is 3.94. The maximum Gasteiger partial charge on any atom is 0.335 e. The van der Waals surface area contributed by atoms with Gasteiger partial charge in [-0.1, -0.05) is 19.4 Å². The van der Waals surface area contributed by atoms with E-state index in [2.05, 4.69) is 0 Å². The SMILES string of the molecule is CCCc1ccc(C(=O)O)cc1O. The Bertz CT molecular complexity index is 318. The number of aryl methyl sites for hydroxylation is 1. The number of hydrogen-bond acceptors (Lipinski definition) is 2. The summed E-state index contributed by atoms with van der Waals surface area (Å²) in [7, 11) is 0. The van der Waals surface area contributed by atoms with Crippen LogP contribution in [0.5, 0.6) is 5.75 Å². The Morgan fingerprint density at radius 3 is 2.62 bits per heavy atom. The number of benzene rings is 1. The van der Waals surface area contributed by atoms with Crippen molar-refractivity contribution in [1.29, 1.82) is 0 Å². The van der Waals surface area contributed by atoms with E-state index in [4.69, 9.17) is 5.11 Å². The molecule has 1 aromatic rings. The quantitative estimate of drug-likeness (QED) is 0.748. The average molecular weight is 180 g/mol. The molecule has 0 unspecified atom stereocenters. The number of carboxylic acids is 1. The number of carbonyl (C=O) groups is 1. The van der Waals surface area contributed by atoms with Gasteiger partial charge in [0.25, 0.3) is 0 Å². The van der Waals surface area contributed by atoms with Crippen molar-refractivity contribution in [3.05, 3.63) is 29.3 Å². The fourth-order valence-electron chi connectivity index (χ4n) is 1.18. The normalized spacial score (nSPS) is 9.92. The van der Waals surface area contributed by atoms with Gasteiger partial charge in [-0.3, -0.25) is 0 Å². The fraction of sp³-hybridized carbons (Fsp3) is 0.300. The fourth-order valence-corrected chi connectivity index (χ4v) is 1.18. The number of aromatic carboxylic acids is 1. The maximum atomic E-state index is 10.5. The van der Waals surface area contributed by atoms with E-state index in [9.17, 15) is 9.90 Å². The zero-order chi connectivity index (χ0) is 9.84. The van der Waals surface area contributed by atoms with Crippen LogP contribution in [0.15, 0.2) is 18.2 Å². The Morgan fingerprint density at radius 1 is 1.46 bits per heavy atom. The third-order valence-electron chi connectivity index (χ3n) is 1.85. The molecule has 2 N–H and O–H groups in total. The second-order valence-corrected chi connectivity index (χ2v) is 2.90. The molecule has 0 fully saturated rings. The Morgan fingerprint density at radius 2 is 2.15 bits per heavy atom. The molecule has 0 aliphatic rings. The van der Waals surface area contributed by atoms with Crippen molar-refractivity contribution in [2.45, 2.75) is 19.8 Å². The van der Waals surface area contributed by atoms with Gasteiger partial charge in [-0.05, 0) is 24.1 Å². The molecule has 0 saturated carbocycles. The molecule has 0 aromatic heterocycles. The van der Waals surface area contributed by atoms with Crippen LogP contribution in [0.3, 0.4) is 0 Å². The minimum Gasteiger partial charge on any atom is -0.508 e. The van der Waals surface area contributed by atoms with Gasteiger partial charge in [0, 0.05) is 0 Å². The molecule has 0 saturated heterocycles. The minimum absolute atomic E-state index is 0.0711. The lowest BCUT2D eigenvalue weighted by Crippen LogP contribution is -1.96. The first-order chi connectivity index (χ1) is 6.15. The summed E-state index contributed by atoms with van der Waals surface area (Å²) in [5.74, 6) is -0.944. The summed E-state index contributed by atoms with van der Waals surface area (Å²) in [6, 6.07) is 4.45. The first-order valence-electron chi connectivity index (χ1n) is 4.20. The molecule has 3 nitrogen and oxygen atoms in total. The van der Waals surface area contributed by atoms with Gasteiger partial charge in [0.2, 0.25) is 0 Å². The van der Waals surface area contributed by atoms with Crippen LogP contribution in [0.2, 0.25) is 0 Å². The highest BCUT2D eigenvalue weighted by Gasteiger charge is 2.06. The topological polar surface area (TPSA) is 57.5 Å². The van der Waals surface area contributed by atoms with Gasteiger partial charge in [0.1, 0.15) is 5.75 Å². The summed E-state index contributed by atoms with van der Waals surface area (Å²) >= 11 is 0. The van der Waals surface area contributed by atoms with Gasteiger partial charge < -0.3 is 10.2 Å². The second-order valence-electron chi connectivity index (χ2n) is 2.90. The Balaban J connectivity index is 2.98. The average Bonchev–Trinajstić information content (AvgIpc) is 2.08. The van der Waals surface area contributed by atoms with E-state index in [0.29, 0.717) is 0 Å². The Labute approximate surface area is 76.6 Å². The van der Waals surface area contributed by atoms with Crippen molar-refractivity contribution in [2.24, 2.45) is 0 Å². The molecule has 0 spiro atoms. The number of hydrogen-bond donors (Lipinski definition) is 2. The molecule has 0 atom stereocenters. The molecule has 0 amide bonds. The standard InChI is InChI=1S/C10H12O3/c1-2-3-7-4-5-8(10(12)13)6-9(7)11/h4-6,11H,2-3H2,1H3,(H,12,13). The highest BCUT2D eigenvalue weighted by molar-refractivity contribution is 5.88. The lowest BCUT2D eigenvalue weighted by molar-refractivity contribution is 0.0696.